The first-order valence-electron chi connectivity index (χ1n) is 8.83. The monoisotopic (exact) mass is 435 g/mol. The van der Waals surface area contributed by atoms with Crippen molar-refractivity contribution in [3.63, 3.8) is 0 Å². The number of hydrogen-bond acceptors (Lipinski definition) is 5. The van der Waals surface area contributed by atoms with Gasteiger partial charge in [-0.15, -0.1) is 0 Å². The molecule has 1 atom stereocenters. The first kappa shape index (κ1) is 19.5. The first-order chi connectivity index (χ1) is 12.9. The van der Waals surface area contributed by atoms with Gasteiger partial charge in [0.2, 0.25) is 5.91 Å². The molecule has 144 valence electrons. The Hall–Kier alpha value is -2.28. The maximum atomic E-state index is 12.5. The second kappa shape index (κ2) is 8.61. The van der Waals surface area contributed by atoms with E-state index in [-0.39, 0.29) is 12.0 Å². The Bertz CT molecular complexity index is 879. The van der Waals surface area contributed by atoms with Gasteiger partial charge >= 0.3 is 5.63 Å². The third-order valence-electron chi connectivity index (χ3n) is 4.51. The molecule has 2 heterocycles. The van der Waals surface area contributed by atoms with Gasteiger partial charge in [0.15, 0.2) is 0 Å². The molecule has 3 rings (SSSR count). The highest BCUT2D eigenvalue weighted by Gasteiger charge is 2.27. The van der Waals surface area contributed by atoms with Crippen molar-refractivity contribution in [1.29, 1.82) is 0 Å². The number of methoxy groups -OCH3 is 1. The van der Waals surface area contributed by atoms with E-state index in [0.717, 1.165) is 22.2 Å². The standard InChI is InChI=1S/C20H22BrNO5/c1-13-9-16(11-20(24)26-13)27-15-7-8-22(12-15)19(23)6-4-14-3-5-18(25-2)17(21)10-14/h3,5,9-11,15H,4,6-8,12H2,1-2H3/t15-/m1/s1. The average Bonchev–Trinajstić information content (AvgIpc) is 3.07. The summed E-state index contributed by atoms with van der Waals surface area (Å²) < 4.78 is 16.9. The molecule has 1 aromatic carbocycles. The molecular weight excluding hydrogens is 414 g/mol. The highest BCUT2D eigenvalue weighted by molar-refractivity contribution is 9.10. The van der Waals surface area contributed by atoms with Gasteiger partial charge in [0, 0.05) is 25.5 Å². The number of likely N-dealkylation sites (tertiary alicyclic amines) is 1. The van der Waals surface area contributed by atoms with Crippen molar-refractivity contribution in [2.24, 2.45) is 0 Å². The van der Waals surface area contributed by atoms with Gasteiger partial charge in [-0.25, -0.2) is 4.79 Å². The van der Waals surface area contributed by atoms with Gasteiger partial charge in [0.05, 0.1) is 24.2 Å². The quantitative estimate of drug-likeness (QED) is 0.695. The molecule has 2 aromatic rings. The largest absolute Gasteiger partial charge is 0.496 e. The Labute approximate surface area is 166 Å². The number of carbonyl (C=O) groups excluding carboxylic acids is 1. The number of aryl methyl sites for hydroxylation is 2. The summed E-state index contributed by atoms with van der Waals surface area (Å²) in [6.07, 6.45) is 1.76. The smallest absolute Gasteiger partial charge is 0.339 e. The molecule has 1 fully saturated rings. The van der Waals surface area contributed by atoms with Crippen molar-refractivity contribution < 1.29 is 18.7 Å². The molecule has 6 nitrogen and oxygen atoms in total. The summed E-state index contributed by atoms with van der Waals surface area (Å²) in [5, 5.41) is 0. The van der Waals surface area contributed by atoms with E-state index in [9.17, 15) is 9.59 Å². The number of rotatable bonds is 6. The fourth-order valence-corrected chi connectivity index (χ4v) is 3.75. The maximum absolute atomic E-state index is 12.5. The molecular formula is C20H22BrNO5. The van der Waals surface area contributed by atoms with Crippen molar-refractivity contribution in [3.05, 3.63) is 56.5 Å². The third-order valence-corrected chi connectivity index (χ3v) is 5.13. The van der Waals surface area contributed by atoms with Crippen molar-refractivity contribution in [1.82, 2.24) is 4.90 Å². The zero-order valence-electron chi connectivity index (χ0n) is 15.4. The van der Waals surface area contributed by atoms with Crippen molar-refractivity contribution in [3.8, 4) is 11.5 Å². The highest BCUT2D eigenvalue weighted by atomic mass is 79.9. The zero-order valence-corrected chi connectivity index (χ0v) is 17.0. The molecule has 0 spiro atoms. The van der Waals surface area contributed by atoms with E-state index in [1.165, 1.54) is 6.07 Å². The van der Waals surface area contributed by atoms with E-state index >= 15 is 0 Å². The maximum Gasteiger partial charge on any atom is 0.339 e. The summed E-state index contributed by atoms with van der Waals surface area (Å²) in [6.45, 7) is 2.90. The number of nitrogens with zero attached hydrogens (tertiary/aromatic N) is 1. The van der Waals surface area contributed by atoms with Gasteiger partial charge in [-0.1, -0.05) is 6.07 Å². The second-order valence-electron chi connectivity index (χ2n) is 6.56. The molecule has 1 amide bonds. The van der Waals surface area contributed by atoms with Crippen molar-refractivity contribution in [2.75, 3.05) is 20.2 Å². The minimum absolute atomic E-state index is 0.106. The van der Waals surface area contributed by atoms with Crippen molar-refractivity contribution >= 4 is 21.8 Å². The van der Waals surface area contributed by atoms with E-state index in [0.29, 0.717) is 37.4 Å². The normalized spacial score (nSPS) is 16.4. The van der Waals surface area contributed by atoms with Crippen LogP contribution in [-0.2, 0) is 11.2 Å². The van der Waals surface area contributed by atoms with E-state index in [4.69, 9.17) is 13.9 Å². The Kier molecular flexibility index (Phi) is 6.21. The van der Waals surface area contributed by atoms with Gasteiger partial charge in [0.25, 0.3) is 0 Å². The predicted octanol–water partition coefficient (Wildman–Crippen LogP) is 3.33. The number of ether oxygens (including phenoxy) is 2. The van der Waals surface area contributed by atoms with Crippen molar-refractivity contribution in [2.45, 2.75) is 32.3 Å². The molecule has 1 aliphatic rings. The van der Waals surface area contributed by atoms with Crippen LogP contribution in [0.2, 0.25) is 0 Å². The van der Waals surface area contributed by atoms with Crippen LogP contribution in [0.15, 0.2) is 44.0 Å². The lowest BCUT2D eigenvalue weighted by atomic mass is 10.1. The Balaban J connectivity index is 1.51. The number of carbonyl (C=O) groups is 1. The molecule has 1 aromatic heterocycles. The summed E-state index contributed by atoms with van der Waals surface area (Å²) in [5.74, 6) is 1.88. The summed E-state index contributed by atoms with van der Waals surface area (Å²) in [5.41, 5.74) is 0.649. The molecule has 7 heteroatoms. The molecule has 0 saturated carbocycles. The van der Waals surface area contributed by atoms with E-state index in [2.05, 4.69) is 15.9 Å². The molecule has 0 N–H and O–H groups in total. The molecule has 0 bridgehead atoms. The van der Waals surface area contributed by atoms with E-state index < -0.39 is 5.63 Å². The predicted molar refractivity (Wildman–Crippen MR) is 104 cm³/mol. The fourth-order valence-electron chi connectivity index (χ4n) is 3.16. The van der Waals surface area contributed by atoms with Gasteiger partial charge in [-0.3, -0.25) is 4.79 Å². The molecule has 0 aliphatic carbocycles. The average molecular weight is 436 g/mol. The Morgan fingerprint density at radius 1 is 1.33 bits per heavy atom. The molecule has 27 heavy (non-hydrogen) atoms. The fraction of sp³-hybridized carbons (Fsp3) is 0.400. The van der Waals surface area contributed by atoms with Crippen LogP contribution >= 0.6 is 15.9 Å². The Morgan fingerprint density at radius 2 is 2.15 bits per heavy atom. The van der Waals surface area contributed by atoms with E-state index in [1.807, 2.05) is 23.1 Å². The minimum Gasteiger partial charge on any atom is -0.496 e. The van der Waals surface area contributed by atoms with Crippen LogP contribution in [0.4, 0.5) is 0 Å². The number of benzene rings is 1. The van der Waals surface area contributed by atoms with Crippen LogP contribution in [0.5, 0.6) is 11.5 Å². The summed E-state index contributed by atoms with van der Waals surface area (Å²) in [4.78, 5) is 25.7. The van der Waals surface area contributed by atoms with Crippen LogP contribution < -0.4 is 15.1 Å². The van der Waals surface area contributed by atoms with Crippen LogP contribution in [0, 0.1) is 6.92 Å². The SMILES string of the molecule is COc1ccc(CCC(=O)N2CC[C@@H](Oc3cc(C)oc(=O)c3)C2)cc1Br. The summed E-state index contributed by atoms with van der Waals surface area (Å²) >= 11 is 3.46. The van der Waals surface area contributed by atoms with Gasteiger partial charge in [-0.05, 0) is 47.0 Å². The van der Waals surface area contributed by atoms with Crippen LogP contribution in [0.3, 0.4) is 0 Å². The number of halogens is 1. The number of hydrogen-bond donors (Lipinski definition) is 0. The topological polar surface area (TPSA) is 69.0 Å². The van der Waals surface area contributed by atoms with Gasteiger partial charge < -0.3 is 18.8 Å². The summed E-state index contributed by atoms with van der Waals surface area (Å²) in [6, 6.07) is 8.86. The number of amides is 1. The molecule has 1 aliphatic heterocycles. The minimum atomic E-state index is -0.429. The third kappa shape index (κ3) is 5.13. The first-order valence-corrected chi connectivity index (χ1v) is 9.62. The van der Waals surface area contributed by atoms with E-state index in [1.54, 1.807) is 20.1 Å². The van der Waals surface area contributed by atoms with Crippen LogP contribution in [0.1, 0.15) is 24.2 Å². The zero-order chi connectivity index (χ0) is 19.4. The highest BCUT2D eigenvalue weighted by Crippen LogP contribution is 2.26. The molecule has 0 unspecified atom stereocenters. The molecule has 0 radical (unpaired) electrons. The second-order valence-corrected chi connectivity index (χ2v) is 7.41. The van der Waals surface area contributed by atoms with Crippen LogP contribution in [-0.4, -0.2) is 37.1 Å². The summed E-state index contributed by atoms with van der Waals surface area (Å²) in [7, 11) is 1.62. The Morgan fingerprint density at radius 3 is 2.85 bits per heavy atom. The lowest BCUT2D eigenvalue weighted by Crippen LogP contribution is -2.31. The van der Waals surface area contributed by atoms with Crippen LogP contribution in [0.25, 0.3) is 0 Å². The molecule has 1 saturated heterocycles. The lowest BCUT2D eigenvalue weighted by molar-refractivity contribution is -0.130. The van der Waals surface area contributed by atoms with Gasteiger partial charge in [-0.2, -0.15) is 0 Å². The van der Waals surface area contributed by atoms with Gasteiger partial charge in [0.1, 0.15) is 23.4 Å². The lowest BCUT2D eigenvalue weighted by Gasteiger charge is -2.17.